The summed E-state index contributed by atoms with van der Waals surface area (Å²) in [5.41, 5.74) is 2.39. The SMILES string of the molecule is Cc1sccc1CC(=O)N(Cc1ccccc1)C1CCN(C)CC1. The van der Waals surface area contributed by atoms with Crippen LogP contribution in [0.1, 0.15) is 28.8 Å². The second kappa shape index (κ2) is 7.95. The summed E-state index contributed by atoms with van der Waals surface area (Å²) in [4.78, 5) is 18.8. The molecule has 128 valence electrons. The lowest BCUT2D eigenvalue weighted by atomic mass is 10.0. The Morgan fingerprint density at radius 1 is 1.21 bits per heavy atom. The Bertz CT molecular complexity index is 659. The van der Waals surface area contributed by atoms with Crippen molar-refractivity contribution in [2.24, 2.45) is 0 Å². The van der Waals surface area contributed by atoms with E-state index in [0.29, 0.717) is 12.5 Å². The Hall–Kier alpha value is -1.65. The average molecular weight is 343 g/mol. The van der Waals surface area contributed by atoms with E-state index < -0.39 is 0 Å². The van der Waals surface area contributed by atoms with Crippen molar-refractivity contribution in [1.82, 2.24) is 9.80 Å². The van der Waals surface area contributed by atoms with Crippen molar-refractivity contribution in [3.63, 3.8) is 0 Å². The van der Waals surface area contributed by atoms with Gasteiger partial charge in [0, 0.05) is 17.5 Å². The third-order valence-electron chi connectivity index (χ3n) is 4.95. The molecular formula is C20H26N2OS. The lowest BCUT2D eigenvalue weighted by Crippen LogP contribution is -2.46. The van der Waals surface area contributed by atoms with Gasteiger partial charge >= 0.3 is 0 Å². The van der Waals surface area contributed by atoms with E-state index >= 15 is 0 Å². The van der Waals surface area contributed by atoms with Gasteiger partial charge in [-0.2, -0.15) is 0 Å². The lowest BCUT2D eigenvalue weighted by molar-refractivity contribution is -0.134. The van der Waals surface area contributed by atoms with Crippen molar-refractivity contribution in [3.8, 4) is 0 Å². The summed E-state index contributed by atoms with van der Waals surface area (Å²) >= 11 is 1.72. The Balaban J connectivity index is 1.75. The Morgan fingerprint density at radius 2 is 1.92 bits per heavy atom. The van der Waals surface area contributed by atoms with Gasteiger partial charge in [0.05, 0.1) is 6.42 Å². The number of carbonyl (C=O) groups is 1. The predicted molar refractivity (Wildman–Crippen MR) is 100 cm³/mol. The highest BCUT2D eigenvalue weighted by Gasteiger charge is 2.27. The molecule has 1 aliphatic heterocycles. The van der Waals surface area contributed by atoms with Crippen LogP contribution in [0.3, 0.4) is 0 Å². The van der Waals surface area contributed by atoms with E-state index in [4.69, 9.17) is 0 Å². The van der Waals surface area contributed by atoms with Gasteiger partial charge < -0.3 is 9.80 Å². The molecule has 2 heterocycles. The van der Waals surface area contributed by atoms with E-state index in [1.165, 1.54) is 16.0 Å². The van der Waals surface area contributed by atoms with Crippen LogP contribution in [0.2, 0.25) is 0 Å². The number of benzene rings is 1. The van der Waals surface area contributed by atoms with Crippen LogP contribution in [0, 0.1) is 6.92 Å². The molecule has 0 radical (unpaired) electrons. The third kappa shape index (κ3) is 4.25. The molecule has 2 aromatic rings. The summed E-state index contributed by atoms with van der Waals surface area (Å²) in [7, 11) is 2.16. The molecule has 4 heteroatoms. The van der Waals surface area contributed by atoms with Crippen molar-refractivity contribution in [2.45, 2.75) is 38.8 Å². The zero-order chi connectivity index (χ0) is 16.9. The summed E-state index contributed by atoms with van der Waals surface area (Å²) in [5.74, 6) is 0.259. The molecule has 1 amide bonds. The number of hydrogen-bond donors (Lipinski definition) is 0. The summed E-state index contributed by atoms with van der Waals surface area (Å²) in [6, 6.07) is 12.8. The second-order valence-corrected chi connectivity index (χ2v) is 7.84. The Labute approximate surface area is 148 Å². The van der Waals surface area contributed by atoms with Crippen molar-refractivity contribution in [1.29, 1.82) is 0 Å². The highest BCUT2D eigenvalue weighted by atomic mass is 32.1. The number of hydrogen-bond acceptors (Lipinski definition) is 3. The first-order chi connectivity index (χ1) is 11.6. The first-order valence-electron chi connectivity index (χ1n) is 8.68. The van der Waals surface area contributed by atoms with E-state index in [1.807, 2.05) is 6.07 Å². The molecule has 24 heavy (non-hydrogen) atoms. The van der Waals surface area contributed by atoms with Crippen LogP contribution in [-0.2, 0) is 17.8 Å². The molecule has 0 unspecified atom stereocenters. The highest BCUT2D eigenvalue weighted by Crippen LogP contribution is 2.22. The number of aryl methyl sites for hydroxylation is 1. The van der Waals surface area contributed by atoms with Crippen molar-refractivity contribution in [2.75, 3.05) is 20.1 Å². The Kier molecular flexibility index (Phi) is 5.69. The minimum Gasteiger partial charge on any atom is -0.335 e. The van der Waals surface area contributed by atoms with Crippen LogP contribution in [0.5, 0.6) is 0 Å². The largest absolute Gasteiger partial charge is 0.335 e. The fraction of sp³-hybridized carbons (Fsp3) is 0.450. The molecule has 0 spiro atoms. The number of rotatable bonds is 5. The molecule has 0 aliphatic carbocycles. The molecular weight excluding hydrogens is 316 g/mol. The van der Waals surface area contributed by atoms with Gasteiger partial charge in [-0.25, -0.2) is 0 Å². The smallest absolute Gasteiger partial charge is 0.227 e. The van der Waals surface area contributed by atoms with Gasteiger partial charge in [-0.15, -0.1) is 11.3 Å². The maximum absolute atomic E-state index is 13.1. The van der Waals surface area contributed by atoms with Gasteiger partial charge in [0.15, 0.2) is 0 Å². The highest BCUT2D eigenvalue weighted by molar-refractivity contribution is 7.10. The van der Waals surface area contributed by atoms with Crippen LogP contribution < -0.4 is 0 Å². The van der Waals surface area contributed by atoms with Crippen LogP contribution in [0.25, 0.3) is 0 Å². The number of amides is 1. The second-order valence-electron chi connectivity index (χ2n) is 6.72. The standard InChI is InChI=1S/C20H26N2OS/c1-16-18(10-13-24-16)14-20(23)22(15-17-6-4-3-5-7-17)19-8-11-21(2)12-9-19/h3-7,10,13,19H,8-9,11-12,14-15H2,1-2H3. The molecule has 1 aromatic heterocycles. The van der Waals surface area contributed by atoms with Crippen LogP contribution in [0.4, 0.5) is 0 Å². The third-order valence-corrected chi connectivity index (χ3v) is 5.84. The van der Waals surface area contributed by atoms with Gasteiger partial charge in [-0.3, -0.25) is 4.79 Å². The molecule has 1 saturated heterocycles. The van der Waals surface area contributed by atoms with Gasteiger partial charge in [0.2, 0.25) is 5.91 Å². The van der Waals surface area contributed by atoms with Gasteiger partial charge in [-0.05, 0) is 62.5 Å². The van der Waals surface area contributed by atoms with Crippen LogP contribution in [-0.4, -0.2) is 41.9 Å². The maximum atomic E-state index is 13.1. The summed E-state index contributed by atoms with van der Waals surface area (Å²) in [6.45, 7) is 4.96. The van der Waals surface area contributed by atoms with Crippen molar-refractivity contribution in [3.05, 3.63) is 57.8 Å². The topological polar surface area (TPSA) is 23.6 Å². The van der Waals surface area contributed by atoms with Gasteiger partial charge in [-0.1, -0.05) is 30.3 Å². The quantitative estimate of drug-likeness (QED) is 0.827. The molecule has 3 rings (SSSR count). The fourth-order valence-corrected chi connectivity index (χ4v) is 4.09. The fourth-order valence-electron chi connectivity index (χ4n) is 3.37. The van der Waals surface area contributed by atoms with Gasteiger partial charge in [0.25, 0.3) is 0 Å². The van der Waals surface area contributed by atoms with E-state index in [2.05, 4.69) is 59.5 Å². The zero-order valence-corrected chi connectivity index (χ0v) is 15.4. The summed E-state index contributed by atoms with van der Waals surface area (Å²) in [6.07, 6.45) is 2.66. The molecule has 0 N–H and O–H groups in total. The van der Waals surface area contributed by atoms with E-state index in [0.717, 1.165) is 32.5 Å². The number of likely N-dealkylation sites (tertiary alicyclic amines) is 1. The molecule has 1 aliphatic rings. The average Bonchev–Trinajstić information content (AvgIpc) is 2.99. The first kappa shape index (κ1) is 17.2. The van der Waals surface area contributed by atoms with Gasteiger partial charge in [0.1, 0.15) is 0 Å². The van der Waals surface area contributed by atoms with Crippen molar-refractivity contribution >= 4 is 17.2 Å². The number of carbonyl (C=O) groups excluding carboxylic acids is 1. The molecule has 0 bridgehead atoms. The molecule has 0 atom stereocenters. The number of thiophene rings is 1. The zero-order valence-electron chi connectivity index (χ0n) is 14.6. The number of nitrogens with zero attached hydrogens (tertiary/aromatic N) is 2. The van der Waals surface area contributed by atoms with Crippen LogP contribution >= 0.6 is 11.3 Å². The molecule has 0 saturated carbocycles. The number of piperidine rings is 1. The molecule has 3 nitrogen and oxygen atoms in total. The van der Waals surface area contributed by atoms with E-state index in [1.54, 1.807) is 11.3 Å². The van der Waals surface area contributed by atoms with E-state index in [-0.39, 0.29) is 5.91 Å². The minimum atomic E-state index is 0.259. The van der Waals surface area contributed by atoms with Crippen LogP contribution in [0.15, 0.2) is 41.8 Å². The Morgan fingerprint density at radius 3 is 2.54 bits per heavy atom. The minimum absolute atomic E-state index is 0.259. The maximum Gasteiger partial charge on any atom is 0.227 e. The first-order valence-corrected chi connectivity index (χ1v) is 9.56. The van der Waals surface area contributed by atoms with Crippen molar-refractivity contribution < 1.29 is 4.79 Å². The monoisotopic (exact) mass is 342 g/mol. The molecule has 1 aromatic carbocycles. The predicted octanol–water partition coefficient (Wildman–Crippen LogP) is 3.72. The summed E-state index contributed by atoms with van der Waals surface area (Å²) in [5, 5.41) is 2.08. The summed E-state index contributed by atoms with van der Waals surface area (Å²) < 4.78 is 0. The normalized spacial score (nSPS) is 16.2. The lowest BCUT2D eigenvalue weighted by Gasteiger charge is -2.37. The van der Waals surface area contributed by atoms with E-state index in [9.17, 15) is 4.79 Å². The molecule has 1 fully saturated rings.